The molecule has 0 atom stereocenters. The molecule has 0 aliphatic carbocycles. The quantitative estimate of drug-likeness (QED) is 0.705. The van der Waals surface area contributed by atoms with E-state index in [1.165, 1.54) is 0 Å². The molecule has 0 bridgehead atoms. The monoisotopic (exact) mass is 256 g/mol. The minimum atomic E-state index is -0.472. The highest BCUT2D eigenvalue weighted by molar-refractivity contribution is 5.99. The maximum absolute atomic E-state index is 11.3. The molecule has 1 aromatic carbocycles. The van der Waals surface area contributed by atoms with Gasteiger partial charge in [-0.2, -0.15) is 0 Å². The number of aromatic nitrogens is 1. The molecule has 2 aromatic rings. The van der Waals surface area contributed by atoms with Crippen molar-refractivity contribution in [2.24, 2.45) is 5.73 Å². The van der Waals surface area contributed by atoms with Crippen molar-refractivity contribution in [2.75, 3.05) is 17.6 Å². The molecular weight excluding hydrogens is 240 g/mol. The number of anilines is 2. The van der Waals surface area contributed by atoms with E-state index in [-0.39, 0.29) is 0 Å². The van der Waals surface area contributed by atoms with Crippen LogP contribution in [0.4, 0.5) is 11.4 Å². The van der Waals surface area contributed by atoms with E-state index >= 15 is 0 Å². The smallest absolute Gasteiger partial charge is 0.250 e. The third-order valence-electron chi connectivity index (χ3n) is 2.73. The Kier molecular flexibility index (Phi) is 3.97. The first-order valence-electron chi connectivity index (χ1n) is 6.00. The zero-order valence-electron chi connectivity index (χ0n) is 10.5. The number of nitrogens with two attached hydrogens (primary N) is 2. The van der Waals surface area contributed by atoms with E-state index in [1.54, 1.807) is 24.4 Å². The lowest BCUT2D eigenvalue weighted by Gasteiger charge is -2.10. The van der Waals surface area contributed by atoms with Gasteiger partial charge in [0.2, 0.25) is 0 Å². The lowest BCUT2D eigenvalue weighted by molar-refractivity contribution is 0.100. The second kappa shape index (κ2) is 5.86. The fraction of sp³-hybridized carbons (Fsp3) is 0.143. The summed E-state index contributed by atoms with van der Waals surface area (Å²) in [6.45, 7) is 0.654. The van der Waals surface area contributed by atoms with Gasteiger partial charge in [0.05, 0.1) is 5.56 Å². The standard InChI is InChI=1S/C14H16N4O/c15-10-4-5-12(14(16)19)13(9-10)18-8-6-11-3-1-2-7-17-11/h1-5,7,9,18H,6,8,15H2,(H2,16,19). The second-order valence-corrected chi connectivity index (χ2v) is 4.17. The number of primary amides is 1. The van der Waals surface area contributed by atoms with E-state index in [9.17, 15) is 4.79 Å². The zero-order chi connectivity index (χ0) is 13.7. The van der Waals surface area contributed by atoms with Crippen LogP contribution < -0.4 is 16.8 Å². The van der Waals surface area contributed by atoms with E-state index < -0.39 is 5.91 Å². The maximum Gasteiger partial charge on any atom is 0.250 e. The summed E-state index contributed by atoms with van der Waals surface area (Å²) in [5, 5.41) is 3.16. The van der Waals surface area contributed by atoms with Crippen molar-refractivity contribution in [3.63, 3.8) is 0 Å². The minimum absolute atomic E-state index is 0.440. The number of amides is 1. The average molecular weight is 256 g/mol. The molecule has 0 spiro atoms. The van der Waals surface area contributed by atoms with Gasteiger partial charge >= 0.3 is 0 Å². The van der Waals surface area contributed by atoms with E-state index in [4.69, 9.17) is 11.5 Å². The van der Waals surface area contributed by atoms with Gasteiger partial charge in [0.15, 0.2) is 0 Å². The fourth-order valence-electron chi connectivity index (χ4n) is 1.79. The number of nitrogens with one attached hydrogen (secondary N) is 1. The van der Waals surface area contributed by atoms with Crippen molar-refractivity contribution < 1.29 is 4.79 Å². The number of rotatable bonds is 5. The predicted molar refractivity (Wildman–Crippen MR) is 75.8 cm³/mol. The van der Waals surface area contributed by atoms with Crippen molar-refractivity contribution in [3.8, 4) is 0 Å². The summed E-state index contributed by atoms with van der Waals surface area (Å²) in [4.78, 5) is 15.5. The van der Waals surface area contributed by atoms with Crippen LogP contribution in [0.15, 0.2) is 42.6 Å². The van der Waals surface area contributed by atoms with Crippen molar-refractivity contribution in [1.82, 2.24) is 4.98 Å². The van der Waals surface area contributed by atoms with Gasteiger partial charge in [-0.15, -0.1) is 0 Å². The van der Waals surface area contributed by atoms with E-state index in [1.807, 2.05) is 18.2 Å². The van der Waals surface area contributed by atoms with Crippen LogP contribution in [0.2, 0.25) is 0 Å². The van der Waals surface area contributed by atoms with Crippen LogP contribution in [-0.2, 0) is 6.42 Å². The first-order chi connectivity index (χ1) is 9.16. The second-order valence-electron chi connectivity index (χ2n) is 4.17. The van der Waals surface area contributed by atoms with Crippen LogP contribution in [0, 0.1) is 0 Å². The van der Waals surface area contributed by atoms with Gasteiger partial charge in [-0.05, 0) is 30.3 Å². The molecule has 0 aliphatic rings. The lowest BCUT2D eigenvalue weighted by Crippen LogP contribution is -2.16. The Labute approximate surface area is 111 Å². The Bertz CT molecular complexity index is 569. The van der Waals surface area contributed by atoms with Crippen molar-refractivity contribution in [2.45, 2.75) is 6.42 Å². The van der Waals surface area contributed by atoms with Crippen molar-refractivity contribution in [1.29, 1.82) is 0 Å². The zero-order valence-corrected chi connectivity index (χ0v) is 10.5. The summed E-state index contributed by atoms with van der Waals surface area (Å²) in [7, 11) is 0. The van der Waals surface area contributed by atoms with E-state index in [0.717, 1.165) is 12.1 Å². The molecule has 1 heterocycles. The number of pyridine rings is 1. The Morgan fingerprint density at radius 2 is 2.11 bits per heavy atom. The van der Waals surface area contributed by atoms with Crippen molar-refractivity contribution >= 4 is 17.3 Å². The third-order valence-corrected chi connectivity index (χ3v) is 2.73. The summed E-state index contributed by atoms with van der Waals surface area (Å²) in [5.41, 5.74) is 13.7. The van der Waals surface area contributed by atoms with Gasteiger partial charge in [-0.1, -0.05) is 6.07 Å². The molecule has 5 N–H and O–H groups in total. The molecular formula is C14H16N4O. The summed E-state index contributed by atoms with van der Waals surface area (Å²) in [5.74, 6) is -0.472. The fourth-order valence-corrected chi connectivity index (χ4v) is 1.79. The normalized spacial score (nSPS) is 10.1. The van der Waals surface area contributed by atoms with Gasteiger partial charge in [0, 0.05) is 36.2 Å². The Morgan fingerprint density at radius 3 is 2.79 bits per heavy atom. The van der Waals surface area contributed by atoms with Crippen molar-refractivity contribution in [3.05, 3.63) is 53.9 Å². The summed E-state index contributed by atoms with van der Waals surface area (Å²) >= 11 is 0. The van der Waals surface area contributed by atoms with Gasteiger partial charge in [-0.25, -0.2) is 0 Å². The third kappa shape index (κ3) is 3.45. The van der Waals surface area contributed by atoms with Gasteiger partial charge in [0.1, 0.15) is 0 Å². The number of nitrogens with zero attached hydrogens (tertiary/aromatic N) is 1. The molecule has 1 amide bonds. The Hall–Kier alpha value is -2.56. The van der Waals surface area contributed by atoms with E-state index in [0.29, 0.717) is 23.5 Å². The first-order valence-corrected chi connectivity index (χ1v) is 6.00. The highest BCUT2D eigenvalue weighted by atomic mass is 16.1. The van der Waals surface area contributed by atoms with Crippen LogP contribution in [-0.4, -0.2) is 17.4 Å². The topological polar surface area (TPSA) is 94.0 Å². The molecule has 0 saturated carbocycles. The molecule has 2 rings (SSSR count). The van der Waals surface area contributed by atoms with Crippen LogP contribution >= 0.6 is 0 Å². The number of carbonyl (C=O) groups is 1. The van der Waals surface area contributed by atoms with Crippen LogP contribution in [0.1, 0.15) is 16.1 Å². The molecule has 1 aromatic heterocycles. The highest BCUT2D eigenvalue weighted by Gasteiger charge is 2.07. The largest absolute Gasteiger partial charge is 0.399 e. The lowest BCUT2D eigenvalue weighted by atomic mass is 10.1. The number of hydrogen-bond acceptors (Lipinski definition) is 4. The number of carbonyl (C=O) groups excluding carboxylic acids is 1. The van der Waals surface area contributed by atoms with Crippen LogP contribution in [0.5, 0.6) is 0 Å². The molecule has 5 nitrogen and oxygen atoms in total. The molecule has 0 saturated heterocycles. The number of benzene rings is 1. The summed E-state index contributed by atoms with van der Waals surface area (Å²) in [6, 6.07) is 10.8. The molecule has 0 radical (unpaired) electrons. The summed E-state index contributed by atoms with van der Waals surface area (Å²) in [6.07, 6.45) is 2.51. The van der Waals surface area contributed by atoms with Crippen LogP contribution in [0.25, 0.3) is 0 Å². The van der Waals surface area contributed by atoms with Gasteiger partial charge in [0.25, 0.3) is 5.91 Å². The van der Waals surface area contributed by atoms with E-state index in [2.05, 4.69) is 10.3 Å². The molecule has 0 unspecified atom stereocenters. The summed E-state index contributed by atoms with van der Waals surface area (Å²) < 4.78 is 0. The molecule has 0 aliphatic heterocycles. The number of hydrogen-bond donors (Lipinski definition) is 3. The van der Waals surface area contributed by atoms with Crippen LogP contribution in [0.3, 0.4) is 0 Å². The molecule has 98 valence electrons. The predicted octanol–water partition coefficient (Wildman–Crippen LogP) is 1.42. The molecule has 19 heavy (non-hydrogen) atoms. The Balaban J connectivity index is 2.03. The minimum Gasteiger partial charge on any atom is -0.399 e. The maximum atomic E-state index is 11.3. The molecule has 0 fully saturated rings. The molecule has 5 heteroatoms. The first kappa shape index (κ1) is 12.9. The van der Waals surface area contributed by atoms with Gasteiger partial charge < -0.3 is 16.8 Å². The number of nitrogen functional groups attached to an aromatic ring is 1. The highest BCUT2D eigenvalue weighted by Crippen LogP contribution is 2.18. The Morgan fingerprint density at radius 1 is 1.26 bits per heavy atom. The SMILES string of the molecule is NC(=O)c1ccc(N)cc1NCCc1ccccn1. The van der Waals surface area contributed by atoms with Gasteiger partial charge in [-0.3, -0.25) is 9.78 Å². The average Bonchev–Trinajstić information content (AvgIpc) is 2.39.